The molecular weight excluding hydrogens is 741 g/mol. The van der Waals surface area contributed by atoms with Crippen molar-refractivity contribution in [2.24, 2.45) is 0 Å². The van der Waals surface area contributed by atoms with Crippen molar-refractivity contribution in [2.75, 3.05) is 4.90 Å². The van der Waals surface area contributed by atoms with E-state index < -0.39 is 0 Å². The van der Waals surface area contributed by atoms with Gasteiger partial charge in [-0.15, -0.1) is 0 Å². The molecule has 0 atom stereocenters. The molecule has 0 spiro atoms. The molecular formula is C58H38N2O. The molecule has 3 nitrogen and oxygen atoms in total. The van der Waals surface area contributed by atoms with Crippen molar-refractivity contribution in [3.63, 3.8) is 0 Å². The smallest absolute Gasteiger partial charge is 0.143 e. The molecule has 12 aromatic rings. The summed E-state index contributed by atoms with van der Waals surface area (Å²) in [7, 11) is 0. The second-order valence-electron chi connectivity index (χ2n) is 15.7. The maximum absolute atomic E-state index is 6.46. The van der Waals surface area contributed by atoms with Gasteiger partial charge in [0, 0.05) is 49.6 Å². The minimum absolute atomic E-state index is 0.902. The summed E-state index contributed by atoms with van der Waals surface area (Å²) < 4.78 is 8.87. The molecule has 3 heteroatoms. The molecule has 0 aliphatic heterocycles. The van der Waals surface area contributed by atoms with Crippen LogP contribution < -0.4 is 4.90 Å². The largest absolute Gasteiger partial charge is 0.455 e. The normalized spacial score (nSPS) is 11.6. The van der Waals surface area contributed by atoms with Crippen molar-refractivity contribution in [3.8, 4) is 39.1 Å². The highest BCUT2D eigenvalue weighted by atomic mass is 16.3. The molecule has 0 N–H and O–H groups in total. The molecule has 0 aliphatic rings. The highest BCUT2D eigenvalue weighted by Crippen LogP contribution is 2.44. The van der Waals surface area contributed by atoms with Gasteiger partial charge < -0.3 is 13.9 Å². The van der Waals surface area contributed by atoms with Crippen LogP contribution >= 0.6 is 0 Å². The number of fused-ring (bicyclic) bond motifs is 7. The van der Waals surface area contributed by atoms with Gasteiger partial charge in [-0.05, 0) is 88.1 Å². The Morgan fingerprint density at radius 1 is 0.344 bits per heavy atom. The highest BCUT2D eigenvalue weighted by Gasteiger charge is 2.20. The Hall–Kier alpha value is -8.14. The van der Waals surface area contributed by atoms with E-state index in [2.05, 4.69) is 228 Å². The van der Waals surface area contributed by atoms with Crippen molar-refractivity contribution in [1.82, 2.24) is 4.57 Å². The summed E-state index contributed by atoms with van der Waals surface area (Å²) in [6.07, 6.45) is 0. The van der Waals surface area contributed by atoms with Gasteiger partial charge >= 0.3 is 0 Å². The molecule has 61 heavy (non-hydrogen) atoms. The van der Waals surface area contributed by atoms with Crippen molar-refractivity contribution in [1.29, 1.82) is 0 Å². The van der Waals surface area contributed by atoms with Gasteiger partial charge in [0.15, 0.2) is 0 Å². The second-order valence-corrected chi connectivity index (χ2v) is 15.7. The third-order valence-corrected chi connectivity index (χ3v) is 12.2. The van der Waals surface area contributed by atoms with Crippen LogP contribution in [0.3, 0.4) is 0 Å². The van der Waals surface area contributed by atoms with Gasteiger partial charge in [-0.2, -0.15) is 0 Å². The fraction of sp³-hybridized carbons (Fsp3) is 0. The van der Waals surface area contributed by atoms with Crippen molar-refractivity contribution in [2.45, 2.75) is 0 Å². The average molecular weight is 779 g/mol. The van der Waals surface area contributed by atoms with Crippen LogP contribution in [0.5, 0.6) is 0 Å². The van der Waals surface area contributed by atoms with Crippen LogP contribution in [0.2, 0.25) is 0 Å². The van der Waals surface area contributed by atoms with Crippen LogP contribution in [-0.4, -0.2) is 4.57 Å². The standard InChI is InChI=1S/C58H38N2O/c1-2-15-42-38-43(29-28-39(42)14-1)47-17-4-8-23-53(47)59(45-36-32-41(33-37-45)48-21-13-22-52-51-20-7-12-27-57(51)61-58(48)52)44-34-30-40(31-35-44)46-16-3-9-24-54(46)60-55-25-10-5-18-49(55)50-19-6-11-26-56(50)60/h1-38H. The summed E-state index contributed by atoms with van der Waals surface area (Å²) in [5.41, 5.74) is 15.4. The first-order valence-corrected chi connectivity index (χ1v) is 20.8. The van der Waals surface area contributed by atoms with Crippen LogP contribution in [0, 0.1) is 0 Å². The van der Waals surface area contributed by atoms with Gasteiger partial charge in [0.05, 0.1) is 22.4 Å². The number of rotatable bonds is 7. The van der Waals surface area contributed by atoms with E-state index in [0.717, 1.165) is 66.9 Å². The van der Waals surface area contributed by atoms with Crippen LogP contribution in [0.15, 0.2) is 235 Å². The molecule has 10 aromatic carbocycles. The lowest BCUT2D eigenvalue weighted by Crippen LogP contribution is -2.11. The number of anilines is 3. The first kappa shape index (κ1) is 34.9. The third-order valence-electron chi connectivity index (χ3n) is 12.2. The Labute approximate surface area is 353 Å². The van der Waals surface area contributed by atoms with E-state index in [9.17, 15) is 0 Å². The lowest BCUT2D eigenvalue weighted by molar-refractivity contribution is 0.670. The number of hydrogen-bond donors (Lipinski definition) is 0. The Bertz CT molecular complexity index is 3540. The van der Waals surface area contributed by atoms with Crippen LogP contribution in [0.25, 0.3) is 93.6 Å². The monoisotopic (exact) mass is 778 g/mol. The van der Waals surface area contributed by atoms with Crippen LogP contribution in [-0.2, 0) is 0 Å². The number of aromatic nitrogens is 1. The van der Waals surface area contributed by atoms with E-state index in [-0.39, 0.29) is 0 Å². The maximum Gasteiger partial charge on any atom is 0.143 e. The van der Waals surface area contributed by atoms with E-state index in [1.807, 2.05) is 12.1 Å². The summed E-state index contributed by atoms with van der Waals surface area (Å²) in [6, 6.07) is 82.9. The summed E-state index contributed by atoms with van der Waals surface area (Å²) in [5.74, 6) is 0. The van der Waals surface area contributed by atoms with Gasteiger partial charge in [0.2, 0.25) is 0 Å². The molecule has 0 fully saturated rings. The zero-order valence-corrected chi connectivity index (χ0v) is 33.2. The van der Waals surface area contributed by atoms with Crippen LogP contribution in [0.1, 0.15) is 0 Å². The second kappa shape index (κ2) is 14.3. The molecule has 2 aromatic heterocycles. The van der Waals surface area contributed by atoms with E-state index in [0.29, 0.717) is 0 Å². The molecule has 12 rings (SSSR count). The number of hydrogen-bond acceptors (Lipinski definition) is 2. The molecule has 0 aliphatic carbocycles. The van der Waals surface area contributed by atoms with Crippen molar-refractivity contribution >= 4 is 71.6 Å². The van der Waals surface area contributed by atoms with Gasteiger partial charge in [-0.3, -0.25) is 0 Å². The zero-order chi connectivity index (χ0) is 40.3. The zero-order valence-electron chi connectivity index (χ0n) is 33.2. The third kappa shape index (κ3) is 5.82. The predicted molar refractivity (Wildman–Crippen MR) is 257 cm³/mol. The Kier molecular flexibility index (Phi) is 8.17. The molecule has 286 valence electrons. The Morgan fingerprint density at radius 3 is 1.61 bits per heavy atom. The van der Waals surface area contributed by atoms with Crippen molar-refractivity contribution in [3.05, 3.63) is 231 Å². The summed E-state index contributed by atoms with van der Waals surface area (Å²) in [6.45, 7) is 0. The number of para-hydroxylation sites is 6. The van der Waals surface area contributed by atoms with E-state index in [4.69, 9.17) is 4.42 Å². The van der Waals surface area contributed by atoms with Gasteiger partial charge in [-0.25, -0.2) is 0 Å². The minimum Gasteiger partial charge on any atom is -0.455 e. The average Bonchev–Trinajstić information content (AvgIpc) is 3.88. The summed E-state index contributed by atoms with van der Waals surface area (Å²) in [4.78, 5) is 2.39. The Balaban J connectivity index is 0.996. The van der Waals surface area contributed by atoms with Gasteiger partial charge in [0.25, 0.3) is 0 Å². The maximum atomic E-state index is 6.46. The molecule has 0 radical (unpaired) electrons. The van der Waals surface area contributed by atoms with E-state index in [1.54, 1.807) is 0 Å². The minimum atomic E-state index is 0.902. The topological polar surface area (TPSA) is 21.3 Å². The summed E-state index contributed by atoms with van der Waals surface area (Å²) >= 11 is 0. The fourth-order valence-electron chi connectivity index (χ4n) is 9.35. The summed E-state index contributed by atoms with van der Waals surface area (Å²) in [5, 5.41) is 7.22. The fourth-order valence-corrected chi connectivity index (χ4v) is 9.35. The molecule has 0 saturated carbocycles. The SMILES string of the molecule is c1ccc(N(c2ccc(-c3ccccc3-n3c4ccccc4c4ccccc43)cc2)c2ccc(-c3cccc4c3oc3ccccc34)cc2)c(-c2ccc3ccccc3c2)c1. The highest BCUT2D eigenvalue weighted by molar-refractivity contribution is 6.11. The van der Waals surface area contributed by atoms with E-state index >= 15 is 0 Å². The molecule has 2 heterocycles. The number of furan rings is 1. The van der Waals surface area contributed by atoms with Crippen molar-refractivity contribution < 1.29 is 4.42 Å². The first-order chi connectivity index (χ1) is 30.3. The number of nitrogens with zero attached hydrogens (tertiary/aromatic N) is 2. The Morgan fingerprint density at radius 2 is 0.869 bits per heavy atom. The van der Waals surface area contributed by atoms with Crippen LogP contribution in [0.4, 0.5) is 17.1 Å². The number of benzene rings is 10. The quantitative estimate of drug-likeness (QED) is 0.161. The lowest BCUT2D eigenvalue weighted by Gasteiger charge is -2.28. The first-order valence-electron chi connectivity index (χ1n) is 20.8. The molecule has 0 amide bonds. The predicted octanol–water partition coefficient (Wildman–Crippen LogP) is 16.3. The molecule has 0 unspecified atom stereocenters. The molecule has 0 saturated heterocycles. The van der Waals surface area contributed by atoms with E-state index in [1.165, 1.54) is 43.7 Å². The van der Waals surface area contributed by atoms with Gasteiger partial charge in [-0.1, -0.05) is 170 Å². The lowest BCUT2D eigenvalue weighted by atomic mass is 9.98. The van der Waals surface area contributed by atoms with Gasteiger partial charge in [0.1, 0.15) is 11.2 Å². The molecule has 0 bridgehead atoms.